The highest BCUT2D eigenvalue weighted by atomic mass is 16.3. The van der Waals surface area contributed by atoms with Crippen LogP contribution in [0.2, 0.25) is 0 Å². The Morgan fingerprint density at radius 3 is 2.53 bits per heavy atom. The van der Waals surface area contributed by atoms with Gasteiger partial charge in [0.2, 0.25) is 0 Å². The zero-order valence-electron chi connectivity index (χ0n) is 10.2. The molecule has 3 nitrogen and oxygen atoms in total. The van der Waals surface area contributed by atoms with Crippen LogP contribution >= 0.6 is 0 Å². The fourth-order valence-corrected chi connectivity index (χ4v) is 2.48. The number of aliphatic hydroxyl groups excluding tert-OH is 1. The zero-order chi connectivity index (χ0) is 11.5. The van der Waals surface area contributed by atoms with Crippen molar-refractivity contribution in [2.75, 3.05) is 6.54 Å². The maximum atomic E-state index is 10.1. The summed E-state index contributed by atoms with van der Waals surface area (Å²) in [6.45, 7) is 6.66. The van der Waals surface area contributed by atoms with Gasteiger partial charge in [0.1, 0.15) is 0 Å². The third-order valence-corrected chi connectivity index (χ3v) is 3.07. The van der Waals surface area contributed by atoms with Crippen molar-refractivity contribution in [3.8, 4) is 0 Å². The third kappa shape index (κ3) is 4.49. The van der Waals surface area contributed by atoms with E-state index in [1.807, 2.05) is 6.92 Å². The maximum absolute atomic E-state index is 10.1. The lowest BCUT2D eigenvalue weighted by atomic mass is 9.94. The Labute approximate surface area is 92.9 Å². The summed E-state index contributed by atoms with van der Waals surface area (Å²) in [6.07, 6.45) is 3.58. The monoisotopic (exact) mass is 215 g/mol. The quantitative estimate of drug-likeness (QED) is 0.647. The zero-order valence-corrected chi connectivity index (χ0v) is 10.2. The van der Waals surface area contributed by atoms with Crippen LogP contribution in [0.5, 0.6) is 0 Å². The molecule has 0 bridgehead atoms. The van der Waals surface area contributed by atoms with Gasteiger partial charge in [-0.3, -0.25) is 0 Å². The van der Waals surface area contributed by atoms with Crippen LogP contribution in [0.1, 0.15) is 46.5 Å². The number of aliphatic hydroxyl groups is 2. The van der Waals surface area contributed by atoms with Crippen molar-refractivity contribution in [2.24, 2.45) is 5.92 Å². The van der Waals surface area contributed by atoms with Gasteiger partial charge in [0, 0.05) is 12.6 Å². The number of hydrogen-bond donors (Lipinski definition) is 3. The topological polar surface area (TPSA) is 52.5 Å². The molecule has 0 aromatic heterocycles. The van der Waals surface area contributed by atoms with E-state index in [-0.39, 0.29) is 12.1 Å². The Morgan fingerprint density at radius 1 is 1.40 bits per heavy atom. The third-order valence-electron chi connectivity index (χ3n) is 3.07. The van der Waals surface area contributed by atoms with Gasteiger partial charge in [-0.15, -0.1) is 0 Å². The van der Waals surface area contributed by atoms with Crippen LogP contribution in [0.25, 0.3) is 0 Å². The lowest BCUT2D eigenvalue weighted by molar-refractivity contribution is 0.0305. The molecule has 3 N–H and O–H groups in total. The second kappa shape index (κ2) is 5.28. The molecular formula is C12H25NO2. The van der Waals surface area contributed by atoms with Crippen molar-refractivity contribution in [3.63, 3.8) is 0 Å². The molecule has 0 aromatic rings. The van der Waals surface area contributed by atoms with Crippen molar-refractivity contribution in [2.45, 2.75) is 64.2 Å². The Kier molecular flexibility index (Phi) is 4.56. The minimum Gasteiger partial charge on any atom is -0.392 e. The highest BCUT2D eigenvalue weighted by Crippen LogP contribution is 2.20. The van der Waals surface area contributed by atoms with E-state index in [0.29, 0.717) is 12.5 Å². The number of hydrogen-bond acceptors (Lipinski definition) is 3. The average Bonchev–Trinajstić information content (AvgIpc) is 2.45. The lowest BCUT2D eigenvalue weighted by Crippen LogP contribution is -2.45. The molecule has 0 saturated heterocycles. The van der Waals surface area contributed by atoms with Gasteiger partial charge >= 0.3 is 0 Å². The summed E-state index contributed by atoms with van der Waals surface area (Å²) in [4.78, 5) is 0. The molecule has 90 valence electrons. The first-order chi connectivity index (χ1) is 6.91. The smallest absolute Gasteiger partial charge is 0.0746 e. The van der Waals surface area contributed by atoms with Gasteiger partial charge in [0.05, 0.1) is 11.7 Å². The molecule has 15 heavy (non-hydrogen) atoms. The second-order valence-electron chi connectivity index (χ2n) is 5.58. The van der Waals surface area contributed by atoms with E-state index < -0.39 is 5.60 Å². The molecular weight excluding hydrogens is 190 g/mol. The van der Waals surface area contributed by atoms with Crippen LogP contribution in [0.15, 0.2) is 0 Å². The van der Waals surface area contributed by atoms with E-state index in [4.69, 9.17) is 0 Å². The molecule has 1 rings (SSSR count). The summed E-state index contributed by atoms with van der Waals surface area (Å²) in [6, 6.07) is 0.184. The minimum absolute atomic E-state index is 0.184. The Morgan fingerprint density at radius 2 is 2.07 bits per heavy atom. The summed E-state index contributed by atoms with van der Waals surface area (Å²) < 4.78 is 0. The van der Waals surface area contributed by atoms with Crippen LogP contribution < -0.4 is 5.32 Å². The molecule has 1 aliphatic rings. The SMILES string of the molecule is CC(C)CC(C)(O)CNC1CCCC1O. The van der Waals surface area contributed by atoms with E-state index in [1.165, 1.54) is 0 Å². The molecule has 1 saturated carbocycles. The number of rotatable bonds is 5. The molecule has 1 aliphatic carbocycles. The van der Waals surface area contributed by atoms with Gasteiger partial charge in [-0.1, -0.05) is 13.8 Å². The molecule has 0 aliphatic heterocycles. The molecule has 0 aromatic carbocycles. The van der Waals surface area contributed by atoms with Crippen LogP contribution in [-0.2, 0) is 0 Å². The van der Waals surface area contributed by atoms with Crippen molar-refractivity contribution in [1.82, 2.24) is 5.32 Å². The maximum Gasteiger partial charge on any atom is 0.0746 e. The molecule has 0 amide bonds. The lowest BCUT2D eigenvalue weighted by Gasteiger charge is -2.28. The van der Waals surface area contributed by atoms with Gasteiger partial charge in [0.15, 0.2) is 0 Å². The highest BCUT2D eigenvalue weighted by molar-refractivity contribution is 4.86. The van der Waals surface area contributed by atoms with Gasteiger partial charge in [0.25, 0.3) is 0 Å². The van der Waals surface area contributed by atoms with E-state index in [0.717, 1.165) is 25.7 Å². The summed E-state index contributed by atoms with van der Waals surface area (Å²) in [7, 11) is 0. The van der Waals surface area contributed by atoms with E-state index >= 15 is 0 Å². The van der Waals surface area contributed by atoms with Crippen molar-refractivity contribution < 1.29 is 10.2 Å². The molecule has 1 fully saturated rings. The van der Waals surface area contributed by atoms with E-state index in [2.05, 4.69) is 19.2 Å². The predicted molar refractivity (Wildman–Crippen MR) is 61.7 cm³/mol. The van der Waals surface area contributed by atoms with Crippen molar-refractivity contribution >= 4 is 0 Å². The van der Waals surface area contributed by atoms with Gasteiger partial charge in [-0.25, -0.2) is 0 Å². The summed E-state index contributed by atoms with van der Waals surface area (Å²) in [5.74, 6) is 0.496. The fourth-order valence-electron chi connectivity index (χ4n) is 2.48. The predicted octanol–water partition coefficient (Wildman–Crippen LogP) is 1.29. The molecule has 3 heteroatoms. The molecule has 3 atom stereocenters. The summed E-state index contributed by atoms with van der Waals surface area (Å²) in [5.41, 5.74) is -0.656. The Bertz CT molecular complexity index is 192. The molecule has 3 unspecified atom stereocenters. The fraction of sp³-hybridized carbons (Fsp3) is 1.00. The van der Waals surface area contributed by atoms with E-state index in [9.17, 15) is 10.2 Å². The van der Waals surface area contributed by atoms with Crippen LogP contribution in [0.3, 0.4) is 0 Å². The van der Waals surface area contributed by atoms with Gasteiger partial charge in [-0.05, 0) is 38.5 Å². The minimum atomic E-state index is -0.656. The first-order valence-corrected chi connectivity index (χ1v) is 6.04. The first-order valence-electron chi connectivity index (χ1n) is 6.04. The average molecular weight is 215 g/mol. The summed E-state index contributed by atoms with van der Waals surface area (Å²) >= 11 is 0. The van der Waals surface area contributed by atoms with Crippen LogP contribution in [0, 0.1) is 5.92 Å². The normalized spacial score (nSPS) is 30.8. The van der Waals surface area contributed by atoms with E-state index in [1.54, 1.807) is 0 Å². The standard InChI is InChI=1S/C12H25NO2/c1-9(2)7-12(3,15)8-13-10-5-4-6-11(10)14/h9-11,13-15H,4-8H2,1-3H3. The highest BCUT2D eigenvalue weighted by Gasteiger charge is 2.28. The number of nitrogens with one attached hydrogen (secondary N) is 1. The van der Waals surface area contributed by atoms with Gasteiger partial charge in [-0.2, -0.15) is 0 Å². The summed E-state index contributed by atoms with van der Waals surface area (Å²) in [5, 5.41) is 23.0. The Balaban J connectivity index is 2.28. The van der Waals surface area contributed by atoms with Crippen molar-refractivity contribution in [1.29, 1.82) is 0 Å². The first kappa shape index (κ1) is 12.9. The largest absolute Gasteiger partial charge is 0.392 e. The molecule has 0 radical (unpaired) electrons. The molecule has 0 heterocycles. The van der Waals surface area contributed by atoms with Crippen LogP contribution in [0.4, 0.5) is 0 Å². The van der Waals surface area contributed by atoms with Gasteiger partial charge < -0.3 is 15.5 Å². The Hall–Kier alpha value is -0.120. The molecule has 0 spiro atoms. The van der Waals surface area contributed by atoms with Crippen molar-refractivity contribution in [3.05, 3.63) is 0 Å². The van der Waals surface area contributed by atoms with Crippen LogP contribution in [-0.4, -0.2) is 34.5 Å². The second-order valence-corrected chi connectivity index (χ2v) is 5.58.